The summed E-state index contributed by atoms with van der Waals surface area (Å²) in [7, 11) is 1.92. The molecule has 0 bridgehead atoms. The predicted octanol–water partition coefficient (Wildman–Crippen LogP) is 2.02. The minimum Gasteiger partial charge on any atom is -0.467 e. The number of pyridine rings is 1. The molecule has 102 valence electrons. The minimum absolute atomic E-state index is 0.133. The van der Waals surface area contributed by atoms with Gasteiger partial charge in [0.2, 0.25) is 0 Å². The average molecular weight is 261 g/mol. The maximum Gasteiger partial charge on any atom is 0.126 e. The van der Waals surface area contributed by atoms with Crippen LogP contribution in [0.4, 0.5) is 11.5 Å². The molecule has 0 aromatic carbocycles. The van der Waals surface area contributed by atoms with E-state index in [4.69, 9.17) is 9.52 Å². The molecule has 0 amide bonds. The molecule has 5 heteroatoms. The lowest BCUT2D eigenvalue weighted by Crippen LogP contribution is -2.21. The van der Waals surface area contributed by atoms with Crippen LogP contribution in [0.15, 0.2) is 35.1 Å². The van der Waals surface area contributed by atoms with E-state index in [1.165, 1.54) is 0 Å². The van der Waals surface area contributed by atoms with E-state index < -0.39 is 0 Å². The summed E-state index contributed by atoms with van der Waals surface area (Å²) in [6, 6.07) is 5.83. The SMILES string of the molecule is Cc1ccoc1CNc1ccc(N(C)CCO)cn1. The van der Waals surface area contributed by atoms with Crippen molar-refractivity contribution in [3.8, 4) is 0 Å². The van der Waals surface area contributed by atoms with Gasteiger partial charge in [0, 0.05) is 13.6 Å². The Bertz CT molecular complexity index is 508. The molecular weight excluding hydrogens is 242 g/mol. The molecule has 5 nitrogen and oxygen atoms in total. The Labute approximate surface area is 112 Å². The fourth-order valence-corrected chi connectivity index (χ4v) is 1.75. The molecule has 0 saturated carbocycles. The van der Waals surface area contributed by atoms with Crippen molar-refractivity contribution < 1.29 is 9.52 Å². The summed E-state index contributed by atoms with van der Waals surface area (Å²) in [5.74, 6) is 1.72. The molecule has 2 aromatic heterocycles. The smallest absolute Gasteiger partial charge is 0.126 e. The Morgan fingerprint density at radius 1 is 1.37 bits per heavy atom. The molecule has 0 fully saturated rings. The fourth-order valence-electron chi connectivity index (χ4n) is 1.75. The first-order valence-electron chi connectivity index (χ1n) is 6.25. The van der Waals surface area contributed by atoms with Crippen molar-refractivity contribution in [3.63, 3.8) is 0 Å². The van der Waals surface area contributed by atoms with Crippen LogP contribution in [-0.4, -0.2) is 30.3 Å². The lowest BCUT2D eigenvalue weighted by Gasteiger charge is -2.17. The van der Waals surface area contributed by atoms with Crippen molar-refractivity contribution in [3.05, 3.63) is 42.0 Å². The number of anilines is 2. The topological polar surface area (TPSA) is 61.5 Å². The monoisotopic (exact) mass is 261 g/mol. The second-order valence-corrected chi connectivity index (χ2v) is 4.43. The van der Waals surface area contributed by atoms with Gasteiger partial charge in [-0.05, 0) is 30.7 Å². The normalized spacial score (nSPS) is 10.5. The summed E-state index contributed by atoms with van der Waals surface area (Å²) < 4.78 is 5.35. The second kappa shape index (κ2) is 6.24. The molecule has 0 aliphatic carbocycles. The zero-order chi connectivity index (χ0) is 13.7. The van der Waals surface area contributed by atoms with Gasteiger partial charge in [0.1, 0.15) is 11.6 Å². The van der Waals surface area contributed by atoms with E-state index in [-0.39, 0.29) is 6.61 Å². The van der Waals surface area contributed by atoms with E-state index in [2.05, 4.69) is 10.3 Å². The molecule has 0 aliphatic rings. The third kappa shape index (κ3) is 3.48. The predicted molar refractivity (Wildman–Crippen MR) is 75.4 cm³/mol. The first-order chi connectivity index (χ1) is 9.20. The first kappa shape index (κ1) is 13.4. The Balaban J connectivity index is 1.93. The standard InChI is InChI=1S/C14H19N3O2/c1-11-5-8-19-13(11)10-16-14-4-3-12(9-15-14)17(2)6-7-18/h3-5,8-9,18H,6-7,10H2,1-2H3,(H,15,16). The van der Waals surface area contributed by atoms with Gasteiger partial charge in [-0.1, -0.05) is 0 Å². The number of aromatic nitrogens is 1. The highest BCUT2D eigenvalue weighted by Crippen LogP contribution is 2.15. The van der Waals surface area contributed by atoms with Gasteiger partial charge in [0.15, 0.2) is 0 Å². The molecule has 0 unspecified atom stereocenters. The molecule has 0 saturated heterocycles. The van der Waals surface area contributed by atoms with Crippen LogP contribution in [0, 0.1) is 6.92 Å². The summed E-state index contributed by atoms with van der Waals surface area (Å²) in [5, 5.41) is 12.1. The van der Waals surface area contributed by atoms with Gasteiger partial charge in [-0.3, -0.25) is 0 Å². The molecule has 0 radical (unpaired) electrons. The third-order valence-electron chi connectivity index (χ3n) is 3.02. The van der Waals surface area contributed by atoms with Crippen LogP contribution in [0.3, 0.4) is 0 Å². The van der Waals surface area contributed by atoms with Crippen molar-refractivity contribution in [2.75, 3.05) is 30.4 Å². The van der Waals surface area contributed by atoms with E-state index in [9.17, 15) is 0 Å². The molecule has 0 atom stereocenters. The van der Waals surface area contributed by atoms with Crippen LogP contribution < -0.4 is 10.2 Å². The summed E-state index contributed by atoms with van der Waals surface area (Å²) in [4.78, 5) is 6.29. The van der Waals surface area contributed by atoms with E-state index >= 15 is 0 Å². The van der Waals surface area contributed by atoms with Crippen LogP contribution in [0.5, 0.6) is 0 Å². The number of likely N-dealkylation sites (N-methyl/N-ethyl adjacent to an activating group) is 1. The first-order valence-corrected chi connectivity index (χ1v) is 6.25. The molecule has 19 heavy (non-hydrogen) atoms. The van der Waals surface area contributed by atoms with Gasteiger partial charge in [0.05, 0.1) is 31.3 Å². The third-order valence-corrected chi connectivity index (χ3v) is 3.02. The van der Waals surface area contributed by atoms with E-state index in [0.717, 1.165) is 22.8 Å². The van der Waals surface area contributed by atoms with Gasteiger partial charge in [-0.15, -0.1) is 0 Å². The zero-order valence-electron chi connectivity index (χ0n) is 11.3. The van der Waals surface area contributed by atoms with Crippen molar-refractivity contribution in [1.29, 1.82) is 0 Å². The van der Waals surface area contributed by atoms with Crippen LogP contribution in [0.2, 0.25) is 0 Å². The number of nitrogens with zero attached hydrogens (tertiary/aromatic N) is 2. The number of hydrogen-bond donors (Lipinski definition) is 2. The number of rotatable bonds is 6. The lowest BCUT2D eigenvalue weighted by molar-refractivity contribution is 0.304. The fraction of sp³-hybridized carbons (Fsp3) is 0.357. The Morgan fingerprint density at radius 3 is 2.79 bits per heavy atom. The van der Waals surface area contributed by atoms with Gasteiger partial charge in [-0.25, -0.2) is 4.98 Å². The summed E-state index contributed by atoms with van der Waals surface area (Å²) >= 11 is 0. The Kier molecular flexibility index (Phi) is 4.41. The Morgan fingerprint density at radius 2 is 2.21 bits per heavy atom. The summed E-state index contributed by atoms with van der Waals surface area (Å²) in [6.07, 6.45) is 3.47. The minimum atomic E-state index is 0.133. The van der Waals surface area contributed by atoms with Crippen molar-refractivity contribution in [2.24, 2.45) is 0 Å². The molecule has 0 spiro atoms. The average Bonchev–Trinajstić information content (AvgIpc) is 2.83. The molecular formula is C14H19N3O2. The molecule has 2 rings (SSSR count). The summed E-state index contributed by atoms with van der Waals surface area (Å²) in [5.41, 5.74) is 2.11. The number of hydrogen-bond acceptors (Lipinski definition) is 5. The molecule has 0 aliphatic heterocycles. The maximum atomic E-state index is 8.88. The van der Waals surface area contributed by atoms with Gasteiger partial charge in [0.25, 0.3) is 0 Å². The molecule has 2 heterocycles. The van der Waals surface area contributed by atoms with Crippen LogP contribution in [-0.2, 0) is 6.54 Å². The summed E-state index contributed by atoms with van der Waals surface area (Å²) in [6.45, 7) is 3.37. The van der Waals surface area contributed by atoms with Crippen LogP contribution in [0.25, 0.3) is 0 Å². The molecule has 2 N–H and O–H groups in total. The highest BCUT2D eigenvalue weighted by Gasteiger charge is 2.03. The maximum absolute atomic E-state index is 8.88. The number of aryl methyl sites for hydroxylation is 1. The zero-order valence-corrected chi connectivity index (χ0v) is 11.3. The van der Waals surface area contributed by atoms with Crippen LogP contribution in [0.1, 0.15) is 11.3 Å². The van der Waals surface area contributed by atoms with Gasteiger partial charge in [-0.2, -0.15) is 0 Å². The van der Waals surface area contributed by atoms with E-state index in [0.29, 0.717) is 13.1 Å². The van der Waals surface area contributed by atoms with E-state index in [1.54, 1.807) is 12.5 Å². The number of aliphatic hydroxyl groups excluding tert-OH is 1. The van der Waals surface area contributed by atoms with Gasteiger partial charge < -0.3 is 19.7 Å². The molecule has 2 aromatic rings. The largest absolute Gasteiger partial charge is 0.467 e. The highest BCUT2D eigenvalue weighted by atomic mass is 16.3. The van der Waals surface area contributed by atoms with Crippen molar-refractivity contribution >= 4 is 11.5 Å². The number of nitrogens with one attached hydrogen (secondary N) is 1. The van der Waals surface area contributed by atoms with E-state index in [1.807, 2.05) is 37.1 Å². The van der Waals surface area contributed by atoms with Crippen LogP contribution >= 0.6 is 0 Å². The highest BCUT2D eigenvalue weighted by molar-refractivity contribution is 5.48. The van der Waals surface area contributed by atoms with Gasteiger partial charge >= 0.3 is 0 Å². The van der Waals surface area contributed by atoms with Crippen molar-refractivity contribution in [2.45, 2.75) is 13.5 Å². The van der Waals surface area contributed by atoms with Crippen molar-refractivity contribution in [1.82, 2.24) is 4.98 Å². The number of furan rings is 1. The number of aliphatic hydroxyl groups is 1. The second-order valence-electron chi connectivity index (χ2n) is 4.43. The quantitative estimate of drug-likeness (QED) is 0.833. The Hall–Kier alpha value is -2.01. The lowest BCUT2D eigenvalue weighted by atomic mass is 10.3.